The van der Waals surface area contributed by atoms with Gasteiger partial charge in [-0.15, -0.1) is 0 Å². The number of benzene rings is 2. The van der Waals surface area contributed by atoms with Crippen molar-refractivity contribution >= 4 is 37.3 Å². The summed E-state index contributed by atoms with van der Waals surface area (Å²) >= 11 is 3.47. The van der Waals surface area contributed by atoms with Gasteiger partial charge in [-0.2, -0.15) is 17.8 Å². The Labute approximate surface area is 241 Å². The molecule has 0 aliphatic carbocycles. The van der Waals surface area contributed by atoms with Crippen LogP contribution in [0.4, 0.5) is 0 Å². The number of aromatic nitrogens is 4. The van der Waals surface area contributed by atoms with E-state index in [0.717, 1.165) is 87.8 Å². The number of hydrogen-bond donors (Lipinski definition) is 1. The Bertz CT molecular complexity index is 1700. The Balaban J connectivity index is 1.13. The smallest absolute Gasteiger partial charge is 0.303 e. The topological polar surface area (TPSA) is 106 Å². The maximum Gasteiger partial charge on any atom is 0.336 e. The number of rotatable bonds is 7. The van der Waals surface area contributed by atoms with Crippen LogP contribution in [0.2, 0.25) is 0 Å². The van der Waals surface area contributed by atoms with Gasteiger partial charge in [-0.05, 0) is 50.1 Å². The standard InChI is InChI=1S/C28H33BrN6O4S/c1-31-25-5-2-3-6-26(25)35(28(31)36)22-11-16-32(17-12-22)14-4-15-34-24-13-18-33(40(37,38)39)19-23(24)27(30-34)20-7-9-21(29)10-8-20/h2-3,5-10,22H,4,11-19H2,1H3,(H,37,38,39). The summed E-state index contributed by atoms with van der Waals surface area (Å²) in [4.78, 5) is 15.4. The summed E-state index contributed by atoms with van der Waals surface area (Å²) in [5, 5.41) is 4.92. The van der Waals surface area contributed by atoms with Crippen molar-refractivity contribution in [2.24, 2.45) is 7.05 Å². The molecule has 0 amide bonds. The molecule has 1 saturated heterocycles. The van der Waals surface area contributed by atoms with Gasteiger partial charge in [-0.3, -0.25) is 18.4 Å². The van der Waals surface area contributed by atoms with Gasteiger partial charge in [0.25, 0.3) is 0 Å². The third-order valence-corrected chi connectivity index (χ3v) is 9.80. The molecule has 12 heteroatoms. The highest BCUT2D eigenvalue weighted by Gasteiger charge is 2.31. The highest BCUT2D eigenvalue weighted by molar-refractivity contribution is 9.10. The molecule has 0 radical (unpaired) electrons. The van der Waals surface area contributed by atoms with Gasteiger partial charge in [-0.25, -0.2) is 4.79 Å². The van der Waals surface area contributed by atoms with Crippen LogP contribution in [0.1, 0.15) is 36.6 Å². The minimum atomic E-state index is -4.28. The number of aryl methyl sites for hydroxylation is 2. The predicted molar refractivity (Wildman–Crippen MR) is 158 cm³/mol. The van der Waals surface area contributed by atoms with Gasteiger partial charge in [0.1, 0.15) is 0 Å². The lowest BCUT2D eigenvalue weighted by atomic mass is 10.0. The van der Waals surface area contributed by atoms with Crippen molar-refractivity contribution in [3.8, 4) is 11.3 Å². The molecule has 2 aliphatic heterocycles. The van der Waals surface area contributed by atoms with Crippen LogP contribution in [-0.4, -0.2) is 67.3 Å². The number of imidazole rings is 1. The molecule has 4 aromatic rings. The van der Waals surface area contributed by atoms with Gasteiger partial charge >= 0.3 is 16.0 Å². The molecule has 0 spiro atoms. The third-order valence-electron chi connectivity index (χ3n) is 8.31. The monoisotopic (exact) mass is 628 g/mol. The average Bonchev–Trinajstić information content (AvgIpc) is 3.43. The maximum atomic E-state index is 13.0. The molecule has 40 heavy (non-hydrogen) atoms. The average molecular weight is 630 g/mol. The van der Waals surface area contributed by atoms with Gasteiger partial charge in [0.05, 0.1) is 16.7 Å². The van der Waals surface area contributed by atoms with Crippen LogP contribution in [0.25, 0.3) is 22.3 Å². The molecule has 0 saturated carbocycles. The van der Waals surface area contributed by atoms with E-state index in [9.17, 15) is 17.8 Å². The summed E-state index contributed by atoms with van der Waals surface area (Å²) in [6, 6.07) is 16.0. The molecule has 1 fully saturated rings. The number of para-hydroxylation sites is 2. The molecule has 10 nitrogen and oxygen atoms in total. The van der Waals surface area contributed by atoms with Gasteiger partial charge in [-0.1, -0.05) is 40.2 Å². The maximum absolute atomic E-state index is 13.0. The van der Waals surface area contributed by atoms with E-state index in [1.54, 1.807) is 4.57 Å². The van der Waals surface area contributed by atoms with Crippen LogP contribution in [-0.2, 0) is 36.9 Å². The number of fused-ring (bicyclic) bond motifs is 2. The first-order valence-electron chi connectivity index (χ1n) is 13.7. The minimum Gasteiger partial charge on any atom is -0.303 e. The summed E-state index contributed by atoms with van der Waals surface area (Å²) in [7, 11) is -2.44. The third kappa shape index (κ3) is 5.18. The van der Waals surface area contributed by atoms with Crippen LogP contribution in [0, 0.1) is 0 Å². The lowest BCUT2D eigenvalue weighted by molar-refractivity contribution is 0.181. The van der Waals surface area contributed by atoms with Crippen molar-refractivity contribution in [2.45, 2.75) is 44.8 Å². The van der Waals surface area contributed by atoms with Gasteiger partial charge in [0.2, 0.25) is 0 Å². The lowest BCUT2D eigenvalue weighted by Crippen LogP contribution is -2.38. The molecule has 2 aromatic carbocycles. The summed E-state index contributed by atoms with van der Waals surface area (Å²) in [6.45, 7) is 3.87. The summed E-state index contributed by atoms with van der Waals surface area (Å²) in [5.74, 6) is 0. The molecule has 1 N–H and O–H groups in total. The van der Waals surface area contributed by atoms with Crippen LogP contribution in [0.3, 0.4) is 0 Å². The SMILES string of the molecule is Cn1c(=O)n(C2CCN(CCCn3nc(-c4ccc(Br)cc4)c4c3CCN(S(=O)(=O)O)C4)CC2)c2ccccc21. The second kappa shape index (κ2) is 10.9. The van der Waals surface area contributed by atoms with E-state index in [0.29, 0.717) is 6.42 Å². The van der Waals surface area contributed by atoms with E-state index in [-0.39, 0.29) is 24.8 Å². The predicted octanol–water partition coefficient (Wildman–Crippen LogP) is 3.85. The molecule has 212 valence electrons. The Hall–Kier alpha value is -2.77. The fourth-order valence-electron chi connectivity index (χ4n) is 6.20. The van der Waals surface area contributed by atoms with Crippen molar-refractivity contribution in [1.29, 1.82) is 0 Å². The number of hydrogen-bond acceptors (Lipinski definition) is 5. The summed E-state index contributed by atoms with van der Waals surface area (Å²) < 4.78 is 41.2. The fraction of sp³-hybridized carbons (Fsp3) is 0.429. The fourth-order valence-corrected chi connectivity index (χ4v) is 7.08. The van der Waals surface area contributed by atoms with Crippen LogP contribution >= 0.6 is 15.9 Å². The first kappa shape index (κ1) is 27.4. The van der Waals surface area contributed by atoms with Crippen molar-refractivity contribution in [3.05, 3.63) is 74.7 Å². The number of nitrogens with zero attached hydrogens (tertiary/aromatic N) is 6. The molecule has 0 unspecified atom stereocenters. The van der Waals surface area contributed by atoms with E-state index in [2.05, 4.69) is 20.8 Å². The van der Waals surface area contributed by atoms with E-state index in [1.165, 1.54) is 0 Å². The van der Waals surface area contributed by atoms with Crippen LogP contribution in [0.15, 0.2) is 57.8 Å². The number of piperidine rings is 1. The molecule has 2 aliphatic rings. The molecule has 6 rings (SSSR count). The van der Waals surface area contributed by atoms with Crippen molar-refractivity contribution in [2.75, 3.05) is 26.2 Å². The zero-order valence-electron chi connectivity index (χ0n) is 22.4. The van der Waals surface area contributed by atoms with Gasteiger partial charge in [0.15, 0.2) is 0 Å². The number of likely N-dealkylation sites (tertiary alicyclic amines) is 1. The minimum absolute atomic E-state index is 0.0530. The van der Waals surface area contributed by atoms with Gasteiger partial charge < -0.3 is 4.90 Å². The molecular formula is C28H33BrN6O4S. The molecule has 4 heterocycles. The molecule has 0 atom stereocenters. The normalized spacial score (nSPS) is 17.5. The van der Waals surface area contributed by atoms with Gasteiger partial charge in [0, 0.05) is 73.5 Å². The van der Waals surface area contributed by atoms with Crippen molar-refractivity contribution in [3.63, 3.8) is 0 Å². The lowest BCUT2D eigenvalue weighted by Gasteiger charge is -2.32. The molecule has 2 aromatic heterocycles. The zero-order valence-corrected chi connectivity index (χ0v) is 24.8. The first-order chi connectivity index (χ1) is 19.2. The summed E-state index contributed by atoms with van der Waals surface area (Å²) in [5.41, 5.74) is 5.60. The van der Waals surface area contributed by atoms with E-state index >= 15 is 0 Å². The largest absolute Gasteiger partial charge is 0.336 e. The van der Waals surface area contributed by atoms with Crippen molar-refractivity contribution < 1.29 is 13.0 Å². The quantitative estimate of drug-likeness (QED) is 0.312. The Morgan fingerprint density at radius 2 is 1.70 bits per heavy atom. The Morgan fingerprint density at radius 1 is 1.00 bits per heavy atom. The summed E-state index contributed by atoms with van der Waals surface area (Å²) in [6.07, 6.45) is 3.28. The van der Waals surface area contributed by atoms with E-state index in [1.807, 2.05) is 64.8 Å². The Kier molecular flexibility index (Phi) is 7.47. The highest BCUT2D eigenvalue weighted by Crippen LogP contribution is 2.32. The van der Waals surface area contributed by atoms with Crippen LogP contribution in [0.5, 0.6) is 0 Å². The Morgan fingerprint density at radius 3 is 2.40 bits per heavy atom. The van der Waals surface area contributed by atoms with E-state index < -0.39 is 10.3 Å². The zero-order chi connectivity index (χ0) is 28.0. The first-order valence-corrected chi connectivity index (χ1v) is 15.8. The number of halogens is 1. The second-order valence-corrected chi connectivity index (χ2v) is 13.0. The highest BCUT2D eigenvalue weighted by atomic mass is 79.9. The molecule has 0 bridgehead atoms. The van der Waals surface area contributed by atoms with E-state index in [4.69, 9.17) is 5.10 Å². The van der Waals surface area contributed by atoms with Crippen molar-refractivity contribution in [1.82, 2.24) is 28.1 Å². The van der Waals surface area contributed by atoms with Crippen LogP contribution < -0.4 is 5.69 Å². The molecular weight excluding hydrogens is 596 g/mol. The second-order valence-electron chi connectivity index (χ2n) is 10.7.